The van der Waals surface area contributed by atoms with E-state index < -0.39 is 18.3 Å². The lowest BCUT2D eigenvalue weighted by Gasteiger charge is -2.32. The van der Waals surface area contributed by atoms with Crippen LogP contribution in [-0.4, -0.2) is 35.0 Å². The Morgan fingerprint density at radius 3 is 2.17 bits per heavy atom. The van der Waals surface area contributed by atoms with Crippen molar-refractivity contribution in [1.29, 1.82) is 0 Å². The second-order valence-electron chi connectivity index (χ2n) is 8.68. The number of ether oxygens (including phenoxy) is 2. The van der Waals surface area contributed by atoms with E-state index in [0.29, 0.717) is 17.1 Å². The average Bonchev–Trinajstić information content (AvgIpc) is 3.17. The first-order chi connectivity index (χ1) is 11.0. The topological polar surface area (TPSA) is 49.8 Å². The van der Waals surface area contributed by atoms with E-state index in [1.165, 1.54) is 0 Å². The van der Waals surface area contributed by atoms with Crippen molar-refractivity contribution in [2.75, 3.05) is 0 Å². The molecule has 2 heterocycles. The van der Waals surface area contributed by atoms with Crippen molar-refractivity contribution < 1.29 is 18.8 Å². The monoisotopic (exact) mass is 333 g/mol. The van der Waals surface area contributed by atoms with Crippen LogP contribution in [0.1, 0.15) is 61.3 Å². The lowest BCUT2D eigenvalue weighted by Crippen LogP contribution is -2.41. The Hall–Kier alpha value is -1.27. The SMILES string of the molecule is CC(C)(C)Oc1cc(B2OC(C)(C)C(C)(C)O2)ncc1OC1CC1. The van der Waals surface area contributed by atoms with E-state index in [9.17, 15) is 0 Å². The van der Waals surface area contributed by atoms with Gasteiger partial charge in [0.1, 0.15) is 5.60 Å². The molecule has 0 N–H and O–H groups in total. The second kappa shape index (κ2) is 5.63. The molecule has 0 aromatic carbocycles. The van der Waals surface area contributed by atoms with Crippen LogP contribution in [0.4, 0.5) is 0 Å². The smallest absolute Gasteiger partial charge is 0.485 e. The minimum atomic E-state index is -0.507. The number of hydrogen-bond donors (Lipinski definition) is 0. The minimum Gasteiger partial charge on any atom is -0.485 e. The molecule has 1 aliphatic carbocycles. The number of rotatable bonds is 4. The molecule has 1 aromatic heterocycles. The van der Waals surface area contributed by atoms with Crippen molar-refractivity contribution >= 4 is 12.7 Å². The summed E-state index contributed by atoms with van der Waals surface area (Å²) in [5.74, 6) is 1.38. The third-order valence-corrected chi connectivity index (χ3v) is 4.58. The van der Waals surface area contributed by atoms with E-state index in [0.717, 1.165) is 12.8 Å². The summed E-state index contributed by atoms with van der Waals surface area (Å²) in [6.07, 6.45) is 4.19. The molecule has 2 aliphatic rings. The van der Waals surface area contributed by atoms with Crippen molar-refractivity contribution in [3.8, 4) is 11.5 Å². The molecule has 0 atom stereocenters. The molecule has 0 unspecified atom stereocenters. The van der Waals surface area contributed by atoms with Crippen LogP contribution in [0.25, 0.3) is 0 Å². The highest BCUT2D eigenvalue weighted by Crippen LogP contribution is 2.38. The maximum absolute atomic E-state index is 6.09. The first kappa shape index (κ1) is 17.6. The van der Waals surface area contributed by atoms with Crippen molar-refractivity contribution in [3.63, 3.8) is 0 Å². The van der Waals surface area contributed by atoms with Gasteiger partial charge in [0.2, 0.25) is 0 Å². The van der Waals surface area contributed by atoms with Crippen LogP contribution in [0.3, 0.4) is 0 Å². The highest BCUT2D eigenvalue weighted by Gasteiger charge is 2.52. The number of nitrogens with zero attached hydrogens (tertiary/aromatic N) is 1. The van der Waals surface area contributed by atoms with Gasteiger partial charge in [-0.1, -0.05) is 0 Å². The van der Waals surface area contributed by atoms with Gasteiger partial charge in [-0.05, 0) is 61.3 Å². The molecule has 0 radical (unpaired) electrons. The van der Waals surface area contributed by atoms with Gasteiger partial charge in [0.05, 0.1) is 29.1 Å². The van der Waals surface area contributed by atoms with Gasteiger partial charge in [0.25, 0.3) is 0 Å². The summed E-state index contributed by atoms with van der Waals surface area (Å²) < 4.78 is 24.2. The molecular weight excluding hydrogens is 305 g/mol. The fraction of sp³-hybridized carbons (Fsp3) is 0.722. The quantitative estimate of drug-likeness (QED) is 0.793. The summed E-state index contributed by atoms with van der Waals surface area (Å²) in [7, 11) is -0.507. The molecule has 1 aliphatic heterocycles. The Bertz CT molecular complexity index is 604. The zero-order valence-electron chi connectivity index (χ0n) is 15.8. The molecule has 2 fully saturated rings. The normalized spacial score (nSPS) is 22.5. The second-order valence-corrected chi connectivity index (χ2v) is 8.68. The Labute approximate surface area is 145 Å². The van der Waals surface area contributed by atoms with Crippen LogP contribution in [0.15, 0.2) is 12.3 Å². The summed E-state index contributed by atoms with van der Waals surface area (Å²) in [5, 5.41) is 0. The molecule has 6 heteroatoms. The molecule has 1 saturated heterocycles. The van der Waals surface area contributed by atoms with Gasteiger partial charge in [0, 0.05) is 6.07 Å². The van der Waals surface area contributed by atoms with Gasteiger partial charge < -0.3 is 18.8 Å². The van der Waals surface area contributed by atoms with Crippen LogP contribution in [0, 0.1) is 0 Å². The summed E-state index contributed by atoms with van der Waals surface area (Å²) in [5.41, 5.74) is -0.409. The van der Waals surface area contributed by atoms with Gasteiger partial charge in [-0.15, -0.1) is 0 Å². The fourth-order valence-electron chi connectivity index (χ4n) is 2.40. The number of aromatic nitrogens is 1. The summed E-state index contributed by atoms with van der Waals surface area (Å²) in [6.45, 7) is 14.2. The molecule has 0 amide bonds. The molecule has 3 rings (SSSR count). The van der Waals surface area contributed by atoms with E-state index >= 15 is 0 Å². The minimum absolute atomic E-state index is 0.289. The Balaban J connectivity index is 1.88. The summed E-state index contributed by atoms with van der Waals surface area (Å²) in [6, 6.07) is 1.88. The van der Waals surface area contributed by atoms with E-state index in [2.05, 4.69) is 4.98 Å². The van der Waals surface area contributed by atoms with Crippen molar-refractivity contribution in [2.24, 2.45) is 0 Å². The standard InChI is InChI=1S/C18H28BNO4/c1-16(2,3)22-13-10-15(20-11-14(13)21-12-8-9-12)19-23-17(4,5)18(6,7)24-19/h10-12H,8-9H2,1-7H3. The first-order valence-corrected chi connectivity index (χ1v) is 8.68. The summed E-state index contributed by atoms with van der Waals surface area (Å²) >= 11 is 0. The predicted octanol–water partition coefficient (Wildman–Crippen LogP) is 3.10. The van der Waals surface area contributed by atoms with Crippen LogP contribution in [0.2, 0.25) is 0 Å². The zero-order chi connectivity index (χ0) is 17.8. The number of hydrogen-bond acceptors (Lipinski definition) is 5. The third kappa shape index (κ3) is 3.70. The van der Waals surface area contributed by atoms with Crippen LogP contribution >= 0.6 is 0 Å². The van der Waals surface area contributed by atoms with Crippen LogP contribution in [-0.2, 0) is 9.31 Å². The zero-order valence-corrected chi connectivity index (χ0v) is 15.8. The van der Waals surface area contributed by atoms with Crippen molar-refractivity contribution in [2.45, 2.75) is 84.2 Å². The Kier molecular flexibility index (Phi) is 4.12. The van der Waals surface area contributed by atoms with Gasteiger partial charge in [-0.2, -0.15) is 0 Å². The molecule has 24 heavy (non-hydrogen) atoms. The maximum atomic E-state index is 6.09. The largest absolute Gasteiger partial charge is 0.514 e. The van der Waals surface area contributed by atoms with Crippen molar-refractivity contribution in [3.05, 3.63) is 12.3 Å². The lowest BCUT2D eigenvalue weighted by molar-refractivity contribution is 0.00578. The fourth-order valence-corrected chi connectivity index (χ4v) is 2.40. The van der Waals surface area contributed by atoms with E-state index in [1.807, 2.05) is 54.5 Å². The molecule has 1 saturated carbocycles. The van der Waals surface area contributed by atoms with Crippen LogP contribution < -0.4 is 15.1 Å². The van der Waals surface area contributed by atoms with Gasteiger partial charge in [0.15, 0.2) is 11.5 Å². The summed E-state index contributed by atoms with van der Waals surface area (Å²) in [4.78, 5) is 4.51. The molecule has 5 nitrogen and oxygen atoms in total. The van der Waals surface area contributed by atoms with E-state index in [1.54, 1.807) is 6.20 Å². The van der Waals surface area contributed by atoms with Gasteiger partial charge in [-0.3, -0.25) is 4.98 Å². The number of pyridine rings is 1. The Morgan fingerprint density at radius 1 is 1.08 bits per heavy atom. The first-order valence-electron chi connectivity index (χ1n) is 8.68. The van der Waals surface area contributed by atoms with Gasteiger partial charge >= 0.3 is 7.12 Å². The predicted molar refractivity (Wildman–Crippen MR) is 94.0 cm³/mol. The molecule has 0 spiro atoms. The average molecular weight is 333 g/mol. The lowest BCUT2D eigenvalue weighted by atomic mass is 9.84. The highest BCUT2D eigenvalue weighted by molar-refractivity contribution is 6.61. The van der Waals surface area contributed by atoms with E-state index in [-0.39, 0.29) is 11.7 Å². The van der Waals surface area contributed by atoms with Crippen molar-refractivity contribution in [1.82, 2.24) is 4.98 Å². The van der Waals surface area contributed by atoms with Gasteiger partial charge in [-0.25, -0.2) is 0 Å². The molecule has 132 valence electrons. The van der Waals surface area contributed by atoms with Crippen LogP contribution in [0.5, 0.6) is 11.5 Å². The highest BCUT2D eigenvalue weighted by atomic mass is 16.7. The Morgan fingerprint density at radius 2 is 1.67 bits per heavy atom. The van der Waals surface area contributed by atoms with E-state index in [4.69, 9.17) is 18.8 Å². The maximum Gasteiger partial charge on any atom is 0.514 e. The third-order valence-electron chi connectivity index (χ3n) is 4.58. The molecule has 0 bridgehead atoms. The molecular formula is C18H28BNO4. The molecule has 1 aromatic rings.